The van der Waals surface area contributed by atoms with Crippen LogP contribution in [-0.4, -0.2) is 40.1 Å². The predicted molar refractivity (Wildman–Crippen MR) is 104 cm³/mol. The van der Waals surface area contributed by atoms with Gasteiger partial charge < -0.3 is 4.74 Å². The van der Waals surface area contributed by atoms with Crippen molar-refractivity contribution in [1.29, 1.82) is 0 Å². The number of sulfonamides is 1. The van der Waals surface area contributed by atoms with Crippen LogP contribution in [-0.2, 0) is 23.2 Å². The number of ether oxygens (including phenoxy) is 1. The first kappa shape index (κ1) is 20.7. The summed E-state index contributed by atoms with van der Waals surface area (Å²) in [6.45, 7) is 0. The molecule has 0 amide bonds. The number of hydrogen-bond donors (Lipinski definition) is 1. The Hall–Kier alpha value is -3.61. The van der Waals surface area contributed by atoms with Crippen LogP contribution < -0.4 is 9.46 Å². The molecule has 0 aliphatic heterocycles. The van der Waals surface area contributed by atoms with Crippen LogP contribution in [0.1, 0.15) is 5.56 Å². The summed E-state index contributed by atoms with van der Waals surface area (Å²) in [7, 11) is -1.02. The van der Waals surface area contributed by atoms with Crippen molar-refractivity contribution in [1.82, 2.24) is 24.5 Å². The van der Waals surface area contributed by atoms with Crippen LogP contribution in [0, 0.1) is 0 Å². The van der Waals surface area contributed by atoms with Gasteiger partial charge in [-0.3, -0.25) is 9.40 Å². The zero-order chi connectivity index (χ0) is 22.4. The van der Waals surface area contributed by atoms with Crippen molar-refractivity contribution in [2.75, 3.05) is 11.8 Å². The van der Waals surface area contributed by atoms with Gasteiger partial charge in [0.15, 0.2) is 5.82 Å². The van der Waals surface area contributed by atoms with E-state index >= 15 is 0 Å². The highest BCUT2D eigenvalue weighted by Gasteiger charge is 2.31. The van der Waals surface area contributed by atoms with Crippen molar-refractivity contribution in [2.45, 2.75) is 11.1 Å². The maximum Gasteiger partial charge on any atom is 0.416 e. The topological polar surface area (TPSA) is 104 Å². The van der Waals surface area contributed by atoms with Crippen LogP contribution in [0.5, 0.6) is 5.88 Å². The first-order valence-corrected chi connectivity index (χ1v) is 10.2. The number of aryl methyl sites for hydroxylation is 1. The van der Waals surface area contributed by atoms with E-state index in [1.807, 2.05) is 0 Å². The lowest BCUT2D eigenvalue weighted by atomic mass is 10.2. The second-order valence-electron chi connectivity index (χ2n) is 6.46. The SMILES string of the molecule is COc1nn(C)c2c(NS(=O)(=O)c3cnn(-c4cc(C(F)(F)F)ccn4)c3)cccc12. The van der Waals surface area contributed by atoms with Gasteiger partial charge in [0.2, 0.25) is 5.88 Å². The number of halogens is 3. The molecule has 4 rings (SSSR count). The van der Waals surface area contributed by atoms with Gasteiger partial charge in [0.25, 0.3) is 10.0 Å². The predicted octanol–water partition coefficient (Wildman–Crippen LogP) is 2.98. The summed E-state index contributed by atoms with van der Waals surface area (Å²) >= 11 is 0. The van der Waals surface area contributed by atoms with Crippen molar-refractivity contribution < 1.29 is 26.3 Å². The third kappa shape index (κ3) is 3.79. The number of methoxy groups -OCH3 is 1. The third-order valence-electron chi connectivity index (χ3n) is 4.45. The number of anilines is 1. The highest BCUT2D eigenvalue weighted by Crippen LogP contribution is 2.32. The van der Waals surface area contributed by atoms with Gasteiger partial charge in [-0.2, -0.15) is 18.3 Å². The molecule has 0 unspecified atom stereocenters. The van der Waals surface area contributed by atoms with Crippen LogP contribution >= 0.6 is 0 Å². The van der Waals surface area contributed by atoms with E-state index in [2.05, 4.69) is 19.9 Å². The second kappa shape index (κ2) is 7.27. The highest BCUT2D eigenvalue weighted by atomic mass is 32.2. The number of pyridine rings is 1. The van der Waals surface area contributed by atoms with Crippen molar-refractivity contribution in [3.63, 3.8) is 0 Å². The lowest BCUT2D eigenvalue weighted by molar-refractivity contribution is -0.137. The van der Waals surface area contributed by atoms with Crippen LogP contribution in [0.15, 0.2) is 53.8 Å². The molecule has 4 aromatic rings. The molecule has 0 aliphatic rings. The molecule has 162 valence electrons. The van der Waals surface area contributed by atoms with Gasteiger partial charge in [0.05, 0.1) is 41.7 Å². The van der Waals surface area contributed by atoms with E-state index in [4.69, 9.17) is 4.74 Å². The number of nitrogens with zero attached hydrogens (tertiary/aromatic N) is 5. The smallest absolute Gasteiger partial charge is 0.416 e. The number of para-hydroxylation sites is 1. The van der Waals surface area contributed by atoms with Crippen molar-refractivity contribution >= 4 is 26.6 Å². The van der Waals surface area contributed by atoms with E-state index < -0.39 is 21.8 Å². The fraction of sp³-hybridized carbons (Fsp3) is 0.167. The standard InChI is InChI=1S/C18H15F3N6O3S/c1-26-16-13(17(24-26)30-2)4-3-5-14(16)25-31(28,29)12-9-23-27(10-12)15-8-11(6-7-22-15)18(19,20)21/h3-10,25H,1-2H3. The maximum absolute atomic E-state index is 12.9. The van der Waals surface area contributed by atoms with Gasteiger partial charge in [0, 0.05) is 13.2 Å². The number of fused-ring (bicyclic) bond motifs is 1. The molecule has 0 saturated heterocycles. The summed E-state index contributed by atoms with van der Waals surface area (Å²) in [5, 5.41) is 8.64. The molecule has 0 spiro atoms. The number of alkyl halides is 3. The molecule has 0 radical (unpaired) electrons. The largest absolute Gasteiger partial charge is 0.479 e. The van der Waals surface area contributed by atoms with Gasteiger partial charge in [-0.05, 0) is 24.3 Å². The Morgan fingerprint density at radius 2 is 1.97 bits per heavy atom. The summed E-state index contributed by atoms with van der Waals surface area (Å²) in [5.74, 6) is 0.164. The quantitative estimate of drug-likeness (QED) is 0.499. The first-order valence-electron chi connectivity index (χ1n) is 8.71. The minimum absolute atomic E-state index is 0.172. The van der Waals surface area contributed by atoms with Gasteiger partial charge in [-0.15, -0.1) is 5.10 Å². The van der Waals surface area contributed by atoms with E-state index in [9.17, 15) is 21.6 Å². The number of hydrogen-bond acceptors (Lipinski definition) is 6. The Bertz CT molecular complexity index is 1380. The minimum atomic E-state index is -4.57. The minimum Gasteiger partial charge on any atom is -0.479 e. The first-order chi connectivity index (χ1) is 14.6. The Balaban J connectivity index is 1.69. The average Bonchev–Trinajstić information content (AvgIpc) is 3.33. The van der Waals surface area contributed by atoms with E-state index in [1.165, 1.54) is 11.8 Å². The van der Waals surface area contributed by atoms with Crippen molar-refractivity contribution in [3.8, 4) is 11.7 Å². The molecule has 0 saturated carbocycles. The van der Waals surface area contributed by atoms with Gasteiger partial charge >= 0.3 is 6.18 Å². The number of aromatic nitrogens is 5. The fourth-order valence-corrected chi connectivity index (χ4v) is 4.03. The molecule has 31 heavy (non-hydrogen) atoms. The number of nitrogens with one attached hydrogen (secondary N) is 1. The molecule has 0 fully saturated rings. The zero-order valence-electron chi connectivity index (χ0n) is 16.1. The Morgan fingerprint density at radius 1 is 1.19 bits per heavy atom. The maximum atomic E-state index is 12.9. The van der Waals surface area contributed by atoms with Crippen LogP contribution in [0.3, 0.4) is 0 Å². The molecule has 9 nitrogen and oxygen atoms in total. The summed E-state index contributed by atoms with van der Waals surface area (Å²) in [6, 6.07) is 6.52. The summed E-state index contributed by atoms with van der Waals surface area (Å²) in [6.07, 6.45) is -1.49. The van der Waals surface area contributed by atoms with Crippen LogP contribution in [0.4, 0.5) is 18.9 Å². The monoisotopic (exact) mass is 452 g/mol. The lowest BCUT2D eigenvalue weighted by Gasteiger charge is -2.09. The van der Waals surface area contributed by atoms with Gasteiger partial charge in [-0.1, -0.05) is 6.07 Å². The molecule has 3 heterocycles. The second-order valence-corrected chi connectivity index (χ2v) is 8.14. The molecule has 1 N–H and O–H groups in total. The summed E-state index contributed by atoms with van der Waals surface area (Å²) < 4.78 is 74.6. The van der Waals surface area contributed by atoms with E-state index in [0.29, 0.717) is 16.8 Å². The fourth-order valence-electron chi connectivity index (χ4n) is 3.03. The summed E-state index contributed by atoms with van der Waals surface area (Å²) in [5.41, 5.74) is -0.178. The van der Waals surface area contributed by atoms with E-state index in [-0.39, 0.29) is 16.4 Å². The molecule has 13 heteroatoms. The third-order valence-corrected chi connectivity index (χ3v) is 5.77. The molecular weight excluding hydrogens is 437 g/mol. The average molecular weight is 452 g/mol. The molecular formula is C18H15F3N6O3S. The van der Waals surface area contributed by atoms with Gasteiger partial charge in [0.1, 0.15) is 4.90 Å². The van der Waals surface area contributed by atoms with E-state index in [1.54, 1.807) is 25.2 Å². The molecule has 1 aromatic carbocycles. The Labute approximate surface area is 174 Å². The molecule has 0 bridgehead atoms. The van der Waals surface area contributed by atoms with Crippen molar-refractivity contribution in [3.05, 3.63) is 54.5 Å². The van der Waals surface area contributed by atoms with Crippen LogP contribution in [0.2, 0.25) is 0 Å². The Morgan fingerprint density at radius 3 is 2.68 bits per heavy atom. The van der Waals surface area contributed by atoms with Crippen LogP contribution in [0.25, 0.3) is 16.7 Å². The summed E-state index contributed by atoms with van der Waals surface area (Å²) in [4.78, 5) is 3.57. The zero-order valence-corrected chi connectivity index (χ0v) is 16.9. The van der Waals surface area contributed by atoms with E-state index in [0.717, 1.165) is 35.4 Å². The highest BCUT2D eigenvalue weighted by molar-refractivity contribution is 7.92. The molecule has 0 atom stereocenters. The normalized spacial score (nSPS) is 12.3. The molecule has 0 aliphatic carbocycles. The number of rotatable bonds is 5. The number of benzene rings is 1. The Kier molecular flexibility index (Phi) is 4.84. The van der Waals surface area contributed by atoms with Gasteiger partial charge in [-0.25, -0.2) is 18.1 Å². The lowest BCUT2D eigenvalue weighted by Crippen LogP contribution is -2.13. The van der Waals surface area contributed by atoms with Crippen molar-refractivity contribution in [2.24, 2.45) is 7.05 Å². The molecule has 3 aromatic heterocycles.